The molecule has 2 rings (SSSR count). The molecule has 7 nitrogen and oxygen atoms in total. The van der Waals surface area contributed by atoms with Crippen molar-refractivity contribution in [2.75, 3.05) is 5.32 Å². The minimum Gasteiger partial charge on any atom is -0.478 e. The van der Waals surface area contributed by atoms with Gasteiger partial charge in [-0.15, -0.1) is 0 Å². The van der Waals surface area contributed by atoms with Crippen LogP contribution in [0, 0.1) is 6.92 Å². The third-order valence-corrected chi connectivity index (χ3v) is 2.80. The van der Waals surface area contributed by atoms with Crippen LogP contribution in [0.4, 0.5) is 5.69 Å². The van der Waals surface area contributed by atoms with Gasteiger partial charge in [0.15, 0.2) is 0 Å². The lowest BCUT2D eigenvalue weighted by atomic mass is 10.1. The minimum atomic E-state index is -1.06. The van der Waals surface area contributed by atoms with Gasteiger partial charge in [-0.3, -0.25) is 9.48 Å². The zero-order valence-corrected chi connectivity index (χ0v) is 10.9. The summed E-state index contributed by atoms with van der Waals surface area (Å²) < 4.78 is 1.54. The van der Waals surface area contributed by atoms with Crippen molar-refractivity contribution < 1.29 is 14.7 Å². The summed E-state index contributed by atoms with van der Waals surface area (Å²) in [6.45, 7) is 2.08. The number of hydrogen-bond acceptors (Lipinski definition) is 4. The number of aromatic carboxylic acids is 1. The summed E-state index contributed by atoms with van der Waals surface area (Å²) in [5.74, 6) is -1.33. The number of amides is 1. The molecule has 0 aliphatic heterocycles. The van der Waals surface area contributed by atoms with Gasteiger partial charge in [0, 0.05) is 6.42 Å². The Balaban J connectivity index is 2.04. The second-order valence-electron chi connectivity index (χ2n) is 4.26. The number of nitrogens with one attached hydrogen (secondary N) is 1. The second kappa shape index (κ2) is 5.96. The highest BCUT2D eigenvalue weighted by Crippen LogP contribution is 2.19. The Kier molecular flexibility index (Phi) is 4.09. The van der Waals surface area contributed by atoms with Gasteiger partial charge in [0.05, 0.1) is 17.8 Å². The predicted molar refractivity (Wildman–Crippen MR) is 71.4 cm³/mol. The molecule has 1 aromatic carbocycles. The third-order valence-electron chi connectivity index (χ3n) is 2.80. The summed E-state index contributed by atoms with van der Waals surface area (Å²) >= 11 is 0. The highest BCUT2D eigenvalue weighted by molar-refractivity contribution is 6.01. The fourth-order valence-corrected chi connectivity index (χ4v) is 1.83. The second-order valence-corrected chi connectivity index (χ2v) is 4.26. The normalized spacial score (nSPS) is 10.2. The van der Waals surface area contributed by atoms with Crippen molar-refractivity contribution in [3.05, 3.63) is 42.0 Å². The van der Waals surface area contributed by atoms with E-state index in [2.05, 4.69) is 15.4 Å². The van der Waals surface area contributed by atoms with E-state index in [4.69, 9.17) is 5.11 Å². The molecule has 0 unspecified atom stereocenters. The first-order valence-electron chi connectivity index (χ1n) is 6.03. The van der Waals surface area contributed by atoms with Gasteiger partial charge in [0.25, 0.3) is 0 Å². The maximum Gasteiger partial charge on any atom is 0.338 e. The maximum absolute atomic E-state index is 11.8. The molecule has 0 aliphatic carbocycles. The van der Waals surface area contributed by atoms with Gasteiger partial charge < -0.3 is 10.4 Å². The number of benzene rings is 1. The highest BCUT2D eigenvalue weighted by atomic mass is 16.4. The molecule has 2 aromatic rings. The molecule has 0 saturated carbocycles. The van der Waals surface area contributed by atoms with Gasteiger partial charge in [-0.2, -0.15) is 5.10 Å². The van der Waals surface area contributed by atoms with Crippen LogP contribution in [0.5, 0.6) is 0 Å². The molecule has 1 amide bonds. The van der Waals surface area contributed by atoms with Crippen LogP contribution in [0.25, 0.3) is 0 Å². The lowest BCUT2D eigenvalue weighted by Gasteiger charge is -2.10. The van der Waals surface area contributed by atoms with Crippen molar-refractivity contribution in [3.63, 3.8) is 0 Å². The van der Waals surface area contributed by atoms with E-state index in [-0.39, 0.29) is 17.9 Å². The molecule has 0 bridgehead atoms. The Morgan fingerprint density at radius 2 is 2.20 bits per heavy atom. The standard InChI is InChI=1S/C13H14N4O3/c1-9-3-2-4-10(12(9)13(19)20)16-11(18)5-6-17-8-14-7-15-17/h2-4,7-8H,5-6H2,1H3,(H,16,18)(H,19,20). The van der Waals surface area contributed by atoms with Crippen molar-refractivity contribution in [2.24, 2.45) is 0 Å². The van der Waals surface area contributed by atoms with Crippen molar-refractivity contribution in [3.8, 4) is 0 Å². The fourth-order valence-electron chi connectivity index (χ4n) is 1.83. The number of anilines is 1. The van der Waals surface area contributed by atoms with Gasteiger partial charge in [0.2, 0.25) is 5.91 Å². The quantitative estimate of drug-likeness (QED) is 0.856. The van der Waals surface area contributed by atoms with Gasteiger partial charge in [-0.1, -0.05) is 12.1 Å². The molecule has 0 radical (unpaired) electrons. The number of hydrogen-bond donors (Lipinski definition) is 2. The summed E-state index contributed by atoms with van der Waals surface area (Å²) in [4.78, 5) is 26.8. The van der Waals surface area contributed by atoms with Crippen LogP contribution in [0.1, 0.15) is 22.3 Å². The molecular weight excluding hydrogens is 260 g/mol. The number of carbonyl (C=O) groups is 2. The van der Waals surface area contributed by atoms with Gasteiger partial charge in [-0.25, -0.2) is 9.78 Å². The molecule has 2 N–H and O–H groups in total. The molecule has 7 heteroatoms. The minimum absolute atomic E-state index is 0.113. The number of aryl methyl sites for hydroxylation is 2. The van der Waals surface area contributed by atoms with E-state index in [1.165, 1.54) is 17.3 Å². The first kappa shape index (κ1) is 13.7. The smallest absolute Gasteiger partial charge is 0.338 e. The molecular formula is C13H14N4O3. The van der Waals surface area contributed by atoms with Crippen molar-refractivity contribution in [1.29, 1.82) is 0 Å². The molecule has 0 fully saturated rings. The summed E-state index contributed by atoms with van der Waals surface area (Å²) in [6, 6.07) is 4.97. The molecule has 0 aliphatic rings. The van der Waals surface area contributed by atoms with Crippen LogP contribution in [0.3, 0.4) is 0 Å². The van der Waals surface area contributed by atoms with E-state index in [0.717, 1.165) is 0 Å². The van der Waals surface area contributed by atoms with E-state index < -0.39 is 5.97 Å². The highest BCUT2D eigenvalue weighted by Gasteiger charge is 2.14. The van der Waals surface area contributed by atoms with E-state index >= 15 is 0 Å². The summed E-state index contributed by atoms with van der Waals surface area (Å²) in [7, 11) is 0. The molecule has 0 atom stereocenters. The van der Waals surface area contributed by atoms with Gasteiger partial charge in [-0.05, 0) is 18.6 Å². The third kappa shape index (κ3) is 3.19. The lowest BCUT2D eigenvalue weighted by molar-refractivity contribution is -0.116. The molecule has 0 saturated heterocycles. The van der Waals surface area contributed by atoms with E-state index in [1.54, 1.807) is 25.1 Å². The van der Waals surface area contributed by atoms with E-state index in [9.17, 15) is 9.59 Å². The zero-order chi connectivity index (χ0) is 14.5. The Morgan fingerprint density at radius 1 is 1.40 bits per heavy atom. The molecule has 1 aromatic heterocycles. The number of nitrogens with zero attached hydrogens (tertiary/aromatic N) is 3. The topological polar surface area (TPSA) is 97.1 Å². The Morgan fingerprint density at radius 3 is 2.85 bits per heavy atom. The SMILES string of the molecule is Cc1cccc(NC(=O)CCn2cncn2)c1C(=O)O. The molecule has 1 heterocycles. The van der Waals surface area contributed by atoms with E-state index in [1.807, 2.05) is 0 Å². The molecule has 104 valence electrons. The first-order chi connectivity index (χ1) is 9.58. The fraction of sp³-hybridized carbons (Fsp3) is 0.231. The molecule has 0 spiro atoms. The van der Waals surface area contributed by atoms with Crippen LogP contribution in [0.2, 0.25) is 0 Å². The van der Waals surface area contributed by atoms with Crippen LogP contribution >= 0.6 is 0 Å². The number of carboxylic acids is 1. The Bertz CT molecular complexity index is 623. The van der Waals surface area contributed by atoms with Crippen LogP contribution in [0.15, 0.2) is 30.9 Å². The van der Waals surface area contributed by atoms with Crippen molar-refractivity contribution >= 4 is 17.6 Å². The Hall–Kier alpha value is -2.70. The average molecular weight is 274 g/mol. The van der Waals surface area contributed by atoms with Crippen LogP contribution < -0.4 is 5.32 Å². The number of aromatic nitrogens is 3. The summed E-state index contributed by atoms with van der Waals surface area (Å²) in [5.41, 5.74) is 1.02. The number of carboxylic acid groups (broad SMARTS) is 1. The monoisotopic (exact) mass is 274 g/mol. The summed E-state index contributed by atoms with van der Waals surface area (Å²) in [5, 5.41) is 15.7. The first-order valence-corrected chi connectivity index (χ1v) is 6.03. The van der Waals surface area contributed by atoms with Gasteiger partial charge >= 0.3 is 5.97 Å². The Labute approximate surface area is 115 Å². The van der Waals surface area contributed by atoms with Crippen molar-refractivity contribution in [2.45, 2.75) is 19.9 Å². The lowest BCUT2D eigenvalue weighted by Crippen LogP contribution is -2.17. The largest absolute Gasteiger partial charge is 0.478 e. The van der Waals surface area contributed by atoms with Crippen LogP contribution in [-0.2, 0) is 11.3 Å². The number of carbonyl (C=O) groups excluding carboxylic acids is 1. The average Bonchev–Trinajstić information content (AvgIpc) is 2.89. The van der Waals surface area contributed by atoms with E-state index in [0.29, 0.717) is 17.8 Å². The molecule has 20 heavy (non-hydrogen) atoms. The van der Waals surface area contributed by atoms with Gasteiger partial charge in [0.1, 0.15) is 12.7 Å². The summed E-state index contributed by atoms with van der Waals surface area (Å²) in [6.07, 6.45) is 3.10. The van der Waals surface area contributed by atoms with Crippen molar-refractivity contribution in [1.82, 2.24) is 14.8 Å². The number of rotatable bonds is 5. The maximum atomic E-state index is 11.8. The zero-order valence-electron chi connectivity index (χ0n) is 10.9. The van der Waals surface area contributed by atoms with Crippen LogP contribution in [-0.4, -0.2) is 31.7 Å². The predicted octanol–water partition coefficient (Wildman–Crippen LogP) is 1.31.